The van der Waals surface area contributed by atoms with Gasteiger partial charge in [-0.05, 0) is 26.2 Å². The average molecular weight is 249 g/mol. The maximum atomic E-state index is 12.2. The third-order valence-corrected chi connectivity index (χ3v) is 4.13. The van der Waals surface area contributed by atoms with Crippen LogP contribution in [0.5, 0.6) is 0 Å². The number of aryl methyl sites for hydroxylation is 1. The van der Waals surface area contributed by atoms with Crippen molar-refractivity contribution in [2.45, 2.75) is 44.3 Å². The van der Waals surface area contributed by atoms with Gasteiger partial charge in [0.1, 0.15) is 6.33 Å². The number of aromatic nitrogens is 3. The largest absolute Gasteiger partial charge is 0.346 e. The number of hydrogen-bond donors (Lipinski definition) is 2. The molecular weight excluding hydrogens is 230 g/mol. The first-order chi connectivity index (χ1) is 8.65. The predicted octanol–water partition coefficient (Wildman–Crippen LogP) is 0.133. The van der Waals surface area contributed by atoms with Crippen LogP contribution in [0, 0.1) is 5.92 Å². The van der Waals surface area contributed by atoms with Crippen molar-refractivity contribution in [3.63, 3.8) is 0 Å². The fourth-order valence-corrected chi connectivity index (χ4v) is 3.18. The van der Waals surface area contributed by atoms with Crippen molar-refractivity contribution in [1.82, 2.24) is 25.4 Å². The summed E-state index contributed by atoms with van der Waals surface area (Å²) in [5.74, 6) is 1.06. The van der Waals surface area contributed by atoms with Crippen LogP contribution in [-0.4, -0.2) is 32.8 Å². The summed E-state index contributed by atoms with van der Waals surface area (Å²) >= 11 is 0. The lowest BCUT2D eigenvalue weighted by atomic mass is 9.88. The molecule has 6 heteroatoms. The molecule has 0 saturated carbocycles. The molecule has 2 aliphatic rings. The number of nitrogens with zero attached hydrogens (tertiary/aromatic N) is 3. The van der Waals surface area contributed by atoms with Gasteiger partial charge in [0, 0.05) is 19.1 Å². The van der Waals surface area contributed by atoms with E-state index in [1.807, 2.05) is 18.5 Å². The summed E-state index contributed by atoms with van der Waals surface area (Å²) in [6, 6.07) is 0.835. The molecule has 1 amide bonds. The summed E-state index contributed by atoms with van der Waals surface area (Å²) in [7, 11) is 1.89. The lowest BCUT2D eigenvalue weighted by molar-refractivity contribution is -0.126. The van der Waals surface area contributed by atoms with Gasteiger partial charge in [-0.2, -0.15) is 0 Å². The Kier molecular flexibility index (Phi) is 2.81. The first kappa shape index (κ1) is 11.6. The summed E-state index contributed by atoms with van der Waals surface area (Å²) in [6.45, 7) is 1.95. The van der Waals surface area contributed by atoms with Crippen LogP contribution in [0.15, 0.2) is 6.33 Å². The minimum absolute atomic E-state index is 0.0934. The van der Waals surface area contributed by atoms with Gasteiger partial charge in [-0.1, -0.05) is 0 Å². The van der Waals surface area contributed by atoms with Gasteiger partial charge in [0.05, 0.1) is 12.0 Å². The third-order valence-electron chi connectivity index (χ3n) is 4.13. The second-order valence-corrected chi connectivity index (χ2v) is 5.42. The van der Waals surface area contributed by atoms with E-state index in [2.05, 4.69) is 20.8 Å². The summed E-state index contributed by atoms with van der Waals surface area (Å²) in [5.41, 5.74) is 0. The number of fused-ring (bicyclic) bond motifs is 2. The Morgan fingerprint density at radius 3 is 3.00 bits per heavy atom. The molecule has 6 nitrogen and oxygen atoms in total. The predicted molar refractivity (Wildman–Crippen MR) is 65.6 cm³/mol. The Bertz CT molecular complexity index is 457. The summed E-state index contributed by atoms with van der Waals surface area (Å²) in [4.78, 5) is 12.2. The molecule has 4 atom stereocenters. The second-order valence-electron chi connectivity index (χ2n) is 5.42. The van der Waals surface area contributed by atoms with Gasteiger partial charge in [0.25, 0.3) is 0 Å². The Balaban J connectivity index is 1.63. The fourth-order valence-electron chi connectivity index (χ4n) is 3.18. The number of nitrogens with one attached hydrogen (secondary N) is 2. The maximum Gasteiger partial charge on any atom is 0.225 e. The molecule has 2 aliphatic heterocycles. The standard InChI is InChI=1S/C12H19N5O/c1-7(11-16-13-6-17(11)2)14-12(18)9-5-8-3-4-10(9)15-8/h6-10,15H,3-5H2,1-2H3,(H,14,18). The topological polar surface area (TPSA) is 71.8 Å². The third kappa shape index (κ3) is 1.90. The molecule has 1 aromatic rings. The molecule has 4 unspecified atom stereocenters. The Labute approximate surface area is 106 Å². The number of hydrogen-bond acceptors (Lipinski definition) is 4. The lowest BCUT2D eigenvalue weighted by Crippen LogP contribution is -2.39. The van der Waals surface area contributed by atoms with E-state index in [1.165, 1.54) is 6.42 Å². The van der Waals surface area contributed by atoms with E-state index in [1.54, 1.807) is 6.33 Å². The number of amides is 1. The van der Waals surface area contributed by atoms with E-state index in [0.29, 0.717) is 12.1 Å². The molecule has 0 spiro atoms. The Morgan fingerprint density at radius 1 is 1.61 bits per heavy atom. The molecule has 3 heterocycles. The first-order valence-corrected chi connectivity index (χ1v) is 6.55. The molecule has 1 aromatic heterocycles. The van der Waals surface area contributed by atoms with Gasteiger partial charge in [-0.25, -0.2) is 0 Å². The first-order valence-electron chi connectivity index (χ1n) is 6.55. The summed E-state index contributed by atoms with van der Waals surface area (Å²) in [5, 5.41) is 14.4. The van der Waals surface area contributed by atoms with Gasteiger partial charge in [0.2, 0.25) is 5.91 Å². The second kappa shape index (κ2) is 4.35. The molecule has 0 radical (unpaired) electrons. The van der Waals surface area contributed by atoms with Crippen molar-refractivity contribution in [2.75, 3.05) is 0 Å². The lowest BCUT2D eigenvalue weighted by Gasteiger charge is -2.21. The zero-order valence-electron chi connectivity index (χ0n) is 10.8. The van der Waals surface area contributed by atoms with Crippen LogP contribution < -0.4 is 10.6 Å². The molecule has 18 heavy (non-hydrogen) atoms. The van der Waals surface area contributed by atoms with Crippen molar-refractivity contribution >= 4 is 5.91 Å². The molecule has 3 rings (SSSR count). The molecule has 2 N–H and O–H groups in total. The van der Waals surface area contributed by atoms with Gasteiger partial charge >= 0.3 is 0 Å². The number of carbonyl (C=O) groups is 1. The van der Waals surface area contributed by atoms with Crippen molar-refractivity contribution < 1.29 is 4.79 Å². The quantitative estimate of drug-likeness (QED) is 0.799. The van der Waals surface area contributed by atoms with Crippen molar-refractivity contribution in [3.8, 4) is 0 Å². The van der Waals surface area contributed by atoms with Crippen LogP contribution in [-0.2, 0) is 11.8 Å². The minimum atomic E-state index is -0.0934. The Hall–Kier alpha value is -1.43. The minimum Gasteiger partial charge on any atom is -0.346 e. The van der Waals surface area contributed by atoms with E-state index in [9.17, 15) is 4.79 Å². The molecule has 2 bridgehead atoms. The average Bonchev–Trinajstić information content (AvgIpc) is 3.03. The molecule has 2 saturated heterocycles. The van der Waals surface area contributed by atoms with E-state index in [4.69, 9.17) is 0 Å². The highest BCUT2D eigenvalue weighted by molar-refractivity contribution is 5.80. The molecular formula is C12H19N5O. The van der Waals surface area contributed by atoms with Gasteiger partial charge in [-0.3, -0.25) is 4.79 Å². The summed E-state index contributed by atoms with van der Waals surface area (Å²) in [6.07, 6.45) is 4.97. The smallest absolute Gasteiger partial charge is 0.225 e. The van der Waals surface area contributed by atoms with Crippen molar-refractivity contribution in [2.24, 2.45) is 13.0 Å². The SMILES string of the molecule is CC(NC(=O)C1CC2CCC1N2)c1nncn1C. The van der Waals surface area contributed by atoms with Gasteiger partial charge < -0.3 is 15.2 Å². The van der Waals surface area contributed by atoms with E-state index >= 15 is 0 Å². The Morgan fingerprint density at radius 2 is 2.44 bits per heavy atom. The van der Waals surface area contributed by atoms with Gasteiger partial charge in [-0.15, -0.1) is 10.2 Å². The monoisotopic (exact) mass is 249 g/mol. The number of rotatable bonds is 3. The number of carbonyl (C=O) groups excluding carboxylic acids is 1. The summed E-state index contributed by atoms with van der Waals surface area (Å²) < 4.78 is 1.84. The molecule has 98 valence electrons. The van der Waals surface area contributed by atoms with Gasteiger partial charge in [0.15, 0.2) is 5.82 Å². The van der Waals surface area contributed by atoms with E-state index in [0.717, 1.165) is 18.7 Å². The molecule has 0 aliphatic carbocycles. The zero-order valence-corrected chi connectivity index (χ0v) is 10.8. The van der Waals surface area contributed by atoms with Crippen molar-refractivity contribution in [3.05, 3.63) is 12.2 Å². The van der Waals surface area contributed by atoms with Crippen LogP contribution in [0.3, 0.4) is 0 Å². The highest BCUT2D eigenvalue weighted by Gasteiger charge is 2.43. The molecule has 0 aromatic carbocycles. The van der Waals surface area contributed by atoms with Crippen LogP contribution in [0.1, 0.15) is 38.1 Å². The van der Waals surface area contributed by atoms with Crippen LogP contribution >= 0.6 is 0 Å². The van der Waals surface area contributed by atoms with Crippen molar-refractivity contribution in [1.29, 1.82) is 0 Å². The normalized spacial score (nSPS) is 31.6. The van der Waals surface area contributed by atoms with E-state index in [-0.39, 0.29) is 17.9 Å². The fraction of sp³-hybridized carbons (Fsp3) is 0.750. The van der Waals surface area contributed by atoms with E-state index < -0.39 is 0 Å². The highest BCUT2D eigenvalue weighted by atomic mass is 16.2. The molecule has 2 fully saturated rings. The van der Waals surface area contributed by atoms with Crippen LogP contribution in [0.4, 0.5) is 0 Å². The van der Waals surface area contributed by atoms with Crippen LogP contribution in [0.25, 0.3) is 0 Å². The van der Waals surface area contributed by atoms with Crippen LogP contribution in [0.2, 0.25) is 0 Å². The maximum absolute atomic E-state index is 12.2. The zero-order chi connectivity index (χ0) is 12.7. The highest BCUT2D eigenvalue weighted by Crippen LogP contribution is 2.33.